The monoisotopic (exact) mass is 328 g/mol. The molecule has 1 saturated heterocycles. The number of hydrogen-bond acceptors (Lipinski definition) is 3. The lowest BCUT2D eigenvalue weighted by Gasteiger charge is -2.34. The number of hydrogen-bond donors (Lipinski definition) is 2. The SMILES string of the molecule is C=C1NC(=O)NC(c2ccc(CC)cc2)C1C(=O)OC1CCCC1. The minimum absolute atomic E-state index is 0.00829. The number of ether oxygens (including phenoxy) is 1. The Balaban J connectivity index is 1.82. The van der Waals surface area contributed by atoms with Crippen molar-refractivity contribution in [1.29, 1.82) is 0 Å². The number of benzene rings is 1. The Bertz CT molecular complexity index is 633. The highest BCUT2D eigenvalue weighted by Crippen LogP contribution is 2.32. The topological polar surface area (TPSA) is 67.4 Å². The van der Waals surface area contributed by atoms with E-state index < -0.39 is 12.0 Å². The van der Waals surface area contributed by atoms with Crippen molar-refractivity contribution in [3.8, 4) is 0 Å². The molecule has 2 atom stereocenters. The van der Waals surface area contributed by atoms with Crippen LogP contribution in [0.2, 0.25) is 0 Å². The van der Waals surface area contributed by atoms with Crippen LogP contribution in [0, 0.1) is 5.92 Å². The summed E-state index contributed by atoms with van der Waals surface area (Å²) >= 11 is 0. The van der Waals surface area contributed by atoms with Crippen LogP contribution < -0.4 is 10.6 Å². The molecule has 0 bridgehead atoms. The van der Waals surface area contributed by atoms with Gasteiger partial charge >= 0.3 is 12.0 Å². The highest BCUT2D eigenvalue weighted by molar-refractivity contribution is 5.85. The van der Waals surface area contributed by atoms with Gasteiger partial charge in [-0.2, -0.15) is 0 Å². The number of carbonyl (C=O) groups is 2. The van der Waals surface area contributed by atoms with Crippen LogP contribution >= 0.6 is 0 Å². The summed E-state index contributed by atoms with van der Waals surface area (Å²) in [4.78, 5) is 24.6. The second-order valence-corrected chi connectivity index (χ2v) is 6.52. The van der Waals surface area contributed by atoms with Gasteiger partial charge in [-0.3, -0.25) is 4.79 Å². The number of esters is 1. The average Bonchev–Trinajstić information content (AvgIpc) is 3.07. The summed E-state index contributed by atoms with van der Waals surface area (Å²) < 4.78 is 5.66. The summed E-state index contributed by atoms with van der Waals surface area (Å²) in [5.41, 5.74) is 2.49. The predicted molar refractivity (Wildman–Crippen MR) is 91.2 cm³/mol. The molecule has 3 rings (SSSR count). The Hall–Kier alpha value is -2.30. The molecule has 128 valence electrons. The molecule has 24 heavy (non-hydrogen) atoms. The molecule has 0 aromatic heterocycles. The van der Waals surface area contributed by atoms with E-state index in [9.17, 15) is 9.59 Å². The number of urea groups is 1. The van der Waals surface area contributed by atoms with E-state index in [2.05, 4.69) is 24.1 Å². The fourth-order valence-electron chi connectivity index (χ4n) is 3.44. The Morgan fingerprint density at radius 3 is 2.54 bits per heavy atom. The normalized spacial score (nSPS) is 24.4. The first-order valence-corrected chi connectivity index (χ1v) is 8.64. The molecule has 5 heteroatoms. The molecule has 0 spiro atoms. The second kappa shape index (κ2) is 7.07. The molecule has 2 aliphatic rings. The van der Waals surface area contributed by atoms with Crippen LogP contribution in [0.1, 0.15) is 49.8 Å². The molecular formula is C19H24N2O3. The number of aryl methyl sites for hydroxylation is 1. The lowest BCUT2D eigenvalue weighted by molar-refractivity contribution is -0.153. The zero-order valence-corrected chi connectivity index (χ0v) is 14.0. The first-order chi connectivity index (χ1) is 11.6. The number of amides is 2. The number of nitrogens with one attached hydrogen (secondary N) is 2. The van der Waals surface area contributed by atoms with E-state index in [1.54, 1.807) is 0 Å². The van der Waals surface area contributed by atoms with Gasteiger partial charge < -0.3 is 15.4 Å². The minimum atomic E-state index is -0.615. The Labute approximate surface area is 142 Å². The van der Waals surface area contributed by atoms with Gasteiger partial charge in [-0.15, -0.1) is 0 Å². The maximum absolute atomic E-state index is 12.7. The zero-order valence-electron chi connectivity index (χ0n) is 14.0. The zero-order chi connectivity index (χ0) is 17.1. The van der Waals surface area contributed by atoms with Gasteiger partial charge in [0.2, 0.25) is 0 Å². The Kier molecular flexibility index (Phi) is 4.88. The summed E-state index contributed by atoms with van der Waals surface area (Å²) in [6, 6.07) is 7.16. The Morgan fingerprint density at radius 1 is 1.25 bits per heavy atom. The molecule has 1 aliphatic heterocycles. The number of carbonyl (C=O) groups excluding carboxylic acids is 2. The first kappa shape index (κ1) is 16.6. The van der Waals surface area contributed by atoms with E-state index in [0.29, 0.717) is 5.70 Å². The van der Waals surface area contributed by atoms with Crippen LogP contribution in [-0.4, -0.2) is 18.1 Å². The van der Waals surface area contributed by atoms with Crippen molar-refractivity contribution < 1.29 is 14.3 Å². The van der Waals surface area contributed by atoms with Gasteiger partial charge in [-0.05, 0) is 43.2 Å². The van der Waals surface area contributed by atoms with Crippen LogP contribution in [0.3, 0.4) is 0 Å². The van der Waals surface area contributed by atoms with E-state index in [1.165, 1.54) is 5.56 Å². The first-order valence-electron chi connectivity index (χ1n) is 8.64. The average molecular weight is 328 g/mol. The molecule has 1 saturated carbocycles. The van der Waals surface area contributed by atoms with Gasteiger partial charge in [0.05, 0.1) is 6.04 Å². The van der Waals surface area contributed by atoms with Crippen LogP contribution in [0.5, 0.6) is 0 Å². The van der Waals surface area contributed by atoms with Crippen molar-refractivity contribution >= 4 is 12.0 Å². The molecule has 2 amide bonds. The van der Waals surface area contributed by atoms with Crippen molar-refractivity contribution in [3.05, 3.63) is 47.7 Å². The van der Waals surface area contributed by atoms with Crippen LogP contribution in [0.15, 0.2) is 36.5 Å². The van der Waals surface area contributed by atoms with Crippen molar-refractivity contribution in [2.24, 2.45) is 5.92 Å². The van der Waals surface area contributed by atoms with Crippen molar-refractivity contribution in [1.82, 2.24) is 10.6 Å². The molecular weight excluding hydrogens is 304 g/mol. The Morgan fingerprint density at radius 2 is 1.92 bits per heavy atom. The molecule has 2 unspecified atom stereocenters. The molecule has 5 nitrogen and oxygen atoms in total. The largest absolute Gasteiger partial charge is 0.462 e. The van der Waals surface area contributed by atoms with Crippen molar-refractivity contribution in [2.45, 2.75) is 51.2 Å². The van der Waals surface area contributed by atoms with E-state index >= 15 is 0 Å². The van der Waals surface area contributed by atoms with Gasteiger partial charge in [-0.25, -0.2) is 4.79 Å². The maximum Gasteiger partial charge on any atom is 0.319 e. The van der Waals surface area contributed by atoms with E-state index in [1.807, 2.05) is 24.3 Å². The maximum atomic E-state index is 12.7. The highest BCUT2D eigenvalue weighted by atomic mass is 16.5. The van der Waals surface area contributed by atoms with Crippen LogP contribution in [-0.2, 0) is 16.0 Å². The highest BCUT2D eigenvalue weighted by Gasteiger charge is 2.39. The summed E-state index contributed by atoms with van der Waals surface area (Å²) in [7, 11) is 0. The fraction of sp³-hybridized carbons (Fsp3) is 0.474. The molecule has 2 N–H and O–H groups in total. The molecule has 1 aliphatic carbocycles. The van der Waals surface area contributed by atoms with Gasteiger partial charge in [0.25, 0.3) is 0 Å². The van der Waals surface area contributed by atoms with Crippen molar-refractivity contribution in [2.75, 3.05) is 0 Å². The third-order valence-corrected chi connectivity index (χ3v) is 4.86. The van der Waals surface area contributed by atoms with Crippen LogP contribution in [0.25, 0.3) is 0 Å². The minimum Gasteiger partial charge on any atom is -0.462 e. The lowest BCUT2D eigenvalue weighted by Crippen LogP contribution is -2.51. The molecule has 1 heterocycles. The standard InChI is InChI=1S/C19H24N2O3/c1-3-13-8-10-14(11-9-13)17-16(12(2)20-19(23)21-17)18(22)24-15-6-4-5-7-15/h8-11,15-17H,2-7H2,1H3,(H2,20,21,23). The molecule has 2 fully saturated rings. The van der Waals surface area contributed by atoms with Crippen LogP contribution in [0.4, 0.5) is 4.79 Å². The smallest absolute Gasteiger partial charge is 0.319 e. The van der Waals surface area contributed by atoms with Gasteiger partial charge in [0.1, 0.15) is 12.0 Å². The number of rotatable bonds is 4. The fourth-order valence-corrected chi connectivity index (χ4v) is 3.44. The summed E-state index contributed by atoms with van der Waals surface area (Å²) in [5.74, 6) is -0.931. The third kappa shape index (κ3) is 3.45. The summed E-state index contributed by atoms with van der Waals surface area (Å²) in [5, 5.41) is 5.46. The van der Waals surface area contributed by atoms with Gasteiger partial charge in [0.15, 0.2) is 0 Å². The summed E-state index contributed by atoms with van der Waals surface area (Å²) in [6.45, 7) is 5.97. The molecule has 1 aromatic rings. The summed E-state index contributed by atoms with van der Waals surface area (Å²) in [6.07, 6.45) is 4.96. The molecule has 1 aromatic carbocycles. The van der Waals surface area contributed by atoms with Gasteiger partial charge in [-0.1, -0.05) is 37.8 Å². The molecule has 0 radical (unpaired) electrons. The predicted octanol–water partition coefficient (Wildman–Crippen LogP) is 3.22. The van der Waals surface area contributed by atoms with E-state index in [4.69, 9.17) is 4.74 Å². The quantitative estimate of drug-likeness (QED) is 0.834. The van der Waals surface area contributed by atoms with Crippen molar-refractivity contribution in [3.63, 3.8) is 0 Å². The van der Waals surface area contributed by atoms with Gasteiger partial charge in [0, 0.05) is 5.70 Å². The third-order valence-electron chi connectivity index (χ3n) is 4.86. The van der Waals surface area contributed by atoms with E-state index in [0.717, 1.165) is 37.7 Å². The second-order valence-electron chi connectivity index (χ2n) is 6.52. The lowest BCUT2D eigenvalue weighted by atomic mass is 9.88. The van der Waals surface area contributed by atoms with E-state index in [-0.39, 0.29) is 18.1 Å².